The largest absolute Gasteiger partial charge is 0.395 e. The molecule has 2 aromatic rings. The van der Waals surface area contributed by atoms with Gasteiger partial charge in [-0.15, -0.1) is 0 Å². The van der Waals surface area contributed by atoms with E-state index in [-0.39, 0.29) is 6.61 Å². The van der Waals surface area contributed by atoms with Crippen molar-refractivity contribution < 1.29 is 5.11 Å². The van der Waals surface area contributed by atoms with Crippen molar-refractivity contribution in [3.8, 4) is 0 Å². The van der Waals surface area contributed by atoms with Crippen molar-refractivity contribution in [1.82, 2.24) is 19.2 Å². The number of nitrogens with zero attached hydrogens (tertiary/aromatic N) is 4. The average molecular weight is 288 g/mol. The molecule has 1 aliphatic rings. The lowest BCUT2D eigenvalue weighted by atomic mass is 10.3. The van der Waals surface area contributed by atoms with Crippen LogP contribution in [0.1, 0.15) is 17.7 Å². The number of hydrogen-bond acceptors (Lipinski definition) is 4. The van der Waals surface area contributed by atoms with Crippen molar-refractivity contribution in [3.05, 3.63) is 35.8 Å². The number of hydrogen-bond donors (Lipinski definition) is 1. The molecule has 1 saturated heterocycles. The summed E-state index contributed by atoms with van der Waals surface area (Å²) in [5.41, 5.74) is 3.41. The van der Waals surface area contributed by atoms with E-state index in [0.717, 1.165) is 57.0 Å². The summed E-state index contributed by atoms with van der Waals surface area (Å²) in [6, 6.07) is 4.18. The molecule has 1 fully saturated rings. The van der Waals surface area contributed by atoms with Crippen LogP contribution >= 0.6 is 0 Å². The zero-order chi connectivity index (χ0) is 14.7. The second-order valence-corrected chi connectivity index (χ2v) is 5.90. The molecule has 0 radical (unpaired) electrons. The Balaban J connectivity index is 1.64. The first-order chi connectivity index (χ1) is 10.2. The zero-order valence-corrected chi connectivity index (χ0v) is 12.7. The van der Waals surface area contributed by atoms with E-state index >= 15 is 0 Å². The van der Waals surface area contributed by atoms with Gasteiger partial charge < -0.3 is 9.51 Å². The highest BCUT2D eigenvalue weighted by atomic mass is 16.3. The van der Waals surface area contributed by atoms with Gasteiger partial charge in [-0.3, -0.25) is 9.80 Å². The number of aliphatic hydroxyl groups excluding tert-OH is 1. The Morgan fingerprint density at radius 2 is 1.90 bits per heavy atom. The van der Waals surface area contributed by atoms with Crippen LogP contribution in [0.3, 0.4) is 0 Å². The number of rotatable bonds is 4. The van der Waals surface area contributed by atoms with Crippen LogP contribution in [0.25, 0.3) is 5.65 Å². The normalized spacial score (nSPS) is 18.2. The second-order valence-electron chi connectivity index (χ2n) is 5.90. The van der Waals surface area contributed by atoms with Gasteiger partial charge in [0.25, 0.3) is 0 Å². The van der Waals surface area contributed by atoms with Crippen LogP contribution in [-0.2, 0) is 6.54 Å². The van der Waals surface area contributed by atoms with Gasteiger partial charge in [-0.25, -0.2) is 4.98 Å². The molecule has 2 aromatic heterocycles. The quantitative estimate of drug-likeness (QED) is 0.916. The number of β-amino-alcohol motifs (C(OH)–C–C–N with tert-alkyl or cyclic N) is 1. The Bertz CT molecular complexity index is 595. The Labute approximate surface area is 125 Å². The average Bonchev–Trinajstić information content (AvgIpc) is 2.72. The third-order valence-corrected chi connectivity index (χ3v) is 4.13. The number of aryl methyl sites for hydroxylation is 1. The maximum atomic E-state index is 9.05. The molecule has 0 aliphatic carbocycles. The standard InChI is InChI=1S/C16H24N4O/c1-14-3-4-16-17-15(13-20(16)11-14)12-19-6-2-5-18(7-8-19)9-10-21/h3-4,11,13,21H,2,5-10,12H2,1H3. The van der Waals surface area contributed by atoms with Gasteiger partial charge in [-0.05, 0) is 38.1 Å². The van der Waals surface area contributed by atoms with E-state index in [0.29, 0.717) is 0 Å². The summed E-state index contributed by atoms with van der Waals surface area (Å²) in [5.74, 6) is 0. The van der Waals surface area contributed by atoms with Gasteiger partial charge in [0.2, 0.25) is 0 Å². The van der Waals surface area contributed by atoms with E-state index in [1.54, 1.807) is 0 Å². The van der Waals surface area contributed by atoms with Crippen LogP contribution in [0.5, 0.6) is 0 Å². The Hall–Kier alpha value is -1.43. The van der Waals surface area contributed by atoms with Crippen molar-refractivity contribution in [1.29, 1.82) is 0 Å². The fourth-order valence-electron chi connectivity index (χ4n) is 3.01. The minimum Gasteiger partial charge on any atom is -0.395 e. The summed E-state index contributed by atoms with van der Waals surface area (Å²) in [4.78, 5) is 9.51. The van der Waals surface area contributed by atoms with E-state index in [2.05, 4.69) is 45.7 Å². The van der Waals surface area contributed by atoms with Gasteiger partial charge in [0, 0.05) is 38.6 Å². The van der Waals surface area contributed by atoms with Crippen LogP contribution in [0.4, 0.5) is 0 Å². The predicted octanol–water partition coefficient (Wildman–Crippen LogP) is 1.14. The van der Waals surface area contributed by atoms with Crippen molar-refractivity contribution in [3.63, 3.8) is 0 Å². The minimum atomic E-state index is 0.256. The van der Waals surface area contributed by atoms with Crippen molar-refractivity contribution in [2.24, 2.45) is 0 Å². The monoisotopic (exact) mass is 288 g/mol. The smallest absolute Gasteiger partial charge is 0.137 e. The minimum absolute atomic E-state index is 0.256. The summed E-state index contributed by atoms with van der Waals surface area (Å²) in [6.45, 7) is 8.33. The summed E-state index contributed by atoms with van der Waals surface area (Å²) >= 11 is 0. The molecule has 1 aliphatic heterocycles. The fraction of sp³-hybridized carbons (Fsp3) is 0.562. The van der Waals surface area contributed by atoms with Gasteiger partial charge in [-0.1, -0.05) is 6.07 Å². The van der Waals surface area contributed by atoms with Gasteiger partial charge in [0.1, 0.15) is 5.65 Å². The molecule has 3 rings (SSSR count). The van der Waals surface area contributed by atoms with Gasteiger partial charge in [-0.2, -0.15) is 0 Å². The number of fused-ring (bicyclic) bond motifs is 1. The van der Waals surface area contributed by atoms with Crippen LogP contribution < -0.4 is 0 Å². The van der Waals surface area contributed by atoms with E-state index < -0.39 is 0 Å². The predicted molar refractivity (Wildman–Crippen MR) is 83.3 cm³/mol. The van der Waals surface area contributed by atoms with Gasteiger partial charge in [0.05, 0.1) is 12.3 Å². The van der Waals surface area contributed by atoms with Gasteiger partial charge >= 0.3 is 0 Å². The topological polar surface area (TPSA) is 44.0 Å². The van der Waals surface area contributed by atoms with Crippen LogP contribution in [0.15, 0.2) is 24.5 Å². The zero-order valence-electron chi connectivity index (χ0n) is 12.7. The van der Waals surface area contributed by atoms with Crippen LogP contribution in [0.2, 0.25) is 0 Å². The number of aliphatic hydroxyl groups is 1. The summed E-state index contributed by atoms with van der Waals surface area (Å²) in [5, 5.41) is 9.05. The maximum absolute atomic E-state index is 9.05. The first-order valence-corrected chi connectivity index (χ1v) is 7.74. The Morgan fingerprint density at radius 3 is 2.76 bits per heavy atom. The molecule has 5 heteroatoms. The molecule has 0 saturated carbocycles. The molecule has 21 heavy (non-hydrogen) atoms. The van der Waals surface area contributed by atoms with Gasteiger partial charge in [0.15, 0.2) is 0 Å². The number of pyridine rings is 1. The molecular weight excluding hydrogens is 264 g/mol. The van der Waals surface area contributed by atoms with Crippen molar-refractivity contribution >= 4 is 5.65 Å². The van der Waals surface area contributed by atoms with E-state index in [4.69, 9.17) is 10.1 Å². The van der Waals surface area contributed by atoms with Crippen molar-refractivity contribution in [2.75, 3.05) is 39.3 Å². The molecule has 0 amide bonds. The first kappa shape index (κ1) is 14.5. The Kier molecular flexibility index (Phi) is 4.53. The highest BCUT2D eigenvalue weighted by Crippen LogP contribution is 2.11. The second kappa shape index (κ2) is 6.56. The first-order valence-electron chi connectivity index (χ1n) is 7.74. The molecule has 1 N–H and O–H groups in total. The summed E-state index contributed by atoms with van der Waals surface area (Å²) in [7, 11) is 0. The molecule has 3 heterocycles. The lowest BCUT2D eigenvalue weighted by Crippen LogP contribution is -2.32. The number of aromatic nitrogens is 2. The Morgan fingerprint density at radius 1 is 1.10 bits per heavy atom. The molecule has 0 unspecified atom stereocenters. The third-order valence-electron chi connectivity index (χ3n) is 4.13. The molecule has 0 bridgehead atoms. The SMILES string of the molecule is Cc1ccc2nc(CN3CCCN(CCO)CC3)cn2c1. The fourth-order valence-corrected chi connectivity index (χ4v) is 3.01. The van der Waals surface area contributed by atoms with Crippen LogP contribution in [0, 0.1) is 6.92 Å². The lowest BCUT2D eigenvalue weighted by molar-refractivity contribution is 0.195. The molecule has 114 valence electrons. The molecule has 5 nitrogen and oxygen atoms in total. The lowest BCUT2D eigenvalue weighted by Gasteiger charge is -2.20. The van der Waals surface area contributed by atoms with Crippen LogP contribution in [-0.4, -0.2) is 63.6 Å². The van der Waals surface area contributed by atoms with E-state index in [1.807, 2.05) is 0 Å². The van der Waals surface area contributed by atoms with E-state index in [1.165, 1.54) is 5.56 Å². The summed E-state index contributed by atoms with van der Waals surface area (Å²) in [6.07, 6.45) is 5.42. The third kappa shape index (κ3) is 3.61. The molecule has 0 spiro atoms. The molecular formula is C16H24N4O. The highest BCUT2D eigenvalue weighted by molar-refractivity contribution is 5.41. The summed E-state index contributed by atoms with van der Waals surface area (Å²) < 4.78 is 2.11. The van der Waals surface area contributed by atoms with E-state index in [9.17, 15) is 0 Å². The molecule has 0 atom stereocenters. The number of imidazole rings is 1. The molecule has 0 aromatic carbocycles. The maximum Gasteiger partial charge on any atom is 0.137 e. The highest BCUT2D eigenvalue weighted by Gasteiger charge is 2.15. The van der Waals surface area contributed by atoms with Crippen molar-refractivity contribution in [2.45, 2.75) is 19.9 Å².